The number of hydrazone groups is 1. The van der Waals surface area contributed by atoms with Crippen molar-refractivity contribution in [3.05, 3.63) is 88.0 Å². The van der Waals surface area contributed by atoms with Crippen molar-refractivity contribution in [2.75, 3.05) is 0 Å². The molecule has 0 spiro atoms. The van der Waals surface area contributed by atoms with E-state index < -0.39 is 11.0 Å². The van der Waals surface area contributed by atoms with Gasteiger partial charge in [-0.1, -0.05) is 54.6 Å². The molecule has 1 fully saturated rings. The normalized spacial score (nSPS) is 19.0. The minimum atomic E-state index is -0.461. The molecule has 8 nitrogen and oxygen atoms in total. The Bertz CT molecular complexity index is 1140. The van der Waals surface area contributed by atoms with Gasteiger partial charge in [-0.05, 0) is 29.7 Å². The van der Waals surface area contributed by atoms with Gasteiger partial charge in [0, 0.05) is 23.7 Å². The molecule has 0 aliphatic carbocycles. The van der Waals surface area contributed by atoms with Crippen LogP contribution in [0.2, 0.25) is 0 Å². The van der Waals surface area contributed by atoms with E-state index in [1.54, 1.807) is 19.1 Å². The van der Waals surface area contributed by atoms with E-state index in [-0.39, 0.29) is 17.6 Å². The molecular weight excluding hydrogens is 382 g/mol. The van der Waals surface area contributed by atoms with Gasteiger partial charge in [0.1, 0.15) is 6.04 Å². The van der Waals surface area contributed by atoms with Crippen LogP contribution in [-0.4, -0.2) is 22.6 Å². The van der Waals surface area contributed by atoms with Crippen LogP contribution in [0.25, 0.3) is 10.8 Å². The van der Waals surface area contributed by atoms with Gasteiger partial charge in [0.2, 0.25) is 0 Å². The molecule has 2 unspecified atom stereocenters. The summed E-state index contributed by atoms with van der Waals surface area (Å²) < 4.78 is 0. The Balaban J connectivity index is 1.43. The Labute approximate surface area is 173 Å². The fraction of sp³-hybridized carbons (Fsp3) is 0.182. The Morgan fingerprint density at radius 3 is 2.70 bits per heavy atom. The molecule has 0 saturated carbocycles. The molecular formula is C22H21N5O3. The van der Waals surface area contributed by atoms with Crippen LogP contribution in [0.5, 0.6) is 0 Å². The second-order valence-electron chi connectivity index (χ2n) is 7.18. The van der Waals surface area contributed by atoms with E-state index in [4.69, 9.17) is 0 Å². The molecule has 2 atom stereocenters. The average molecular weight is 403 g/mol. The van der Waals surface area contributed by atoms with Crippen molar-refractivity contribution in [3.8, 4) is 0 Å². The summed E-state index contributed by atoms with van der Waals surface area (Å²) in [5.74, 6) is -0.269. The van der Waals surface area contributed by atoms with E-state index in [2.05, 4.69) is 45.6 Å². The first-order valence-corrected chi connectivity index (χ1v) is 9.60. The molecule has 3 aromatic carbocycles. The van der Waals surface area contributed by atoms with Gasteiger partial charge in [-0.2, -0.15) is 5.10 Å². The van der Waals surface area contributed by atoms with Crippen LogP contribution in [0.15, 0.2) is 71.8 Å². The zero-order chi connectivity index (χ0) is 21.1. The van der Waals surface area contributed by atoms with Gasteiger partial charge in [-0.15, -0.1) is 0 Å². The van der Waals surface area contributed by atoms with E-state index in [1.165, 1.54) is 12.1 Å². The van der Waals surface area contributed by atoms with Gasteiger partial charge in [0.15, 0.2) is 0 Å². The van der Waals surface area contributed by atoms with E-state index >= 15 is 0 Å². The molecule has 1 aliphatic rings. The second-order valence-corrected chi connectivity index (χ2v) is 7.18. The lowest BCUT2D eigenvalue weighted by molar-refractivity contribution is -0.384. The van der Waals surface area contributed by atoms with Gasteiger partial charge in [-0.3, -0.25) is 14.9 Å². The molecule has 1 saturated heterocycles. The first-order chi connectivity index (χ1) is 14.5. The molecule has 30 heavy (non-hydrogen) atoms. The highest BCUT2D eigenvalue weighted by Gasteiger charge is 2.30. The molecule has 1 heterocycles. The number of hydrogen-bond donors (Lipinski definition) is 3. The number of nitrogens with zero attached hydrogens (tertiary/aromatic N) is 2. The number of non-ortho nitro benzene ring substituents is 1. The lowest BCUT2D eigenvalue weighted by atomic mass is 9.96. The third-order valence-corrected chi connectivity index (χ3v) is 5.23. The summed E-state index contributed by atoms with van der Waals surface area (Å²) in [5, 5.41) is 17.3. The Morgan fingerprint density at radius 2 is 1.87 bits per heavy atom. The number of fused-ring (bicyclic) bond motifs is 1. The SMILES string of the molecule is C/C(=N/NC(=O)C1CC(c2cccc3ccccc23)NN1)c1cccc([N+](=O)[O-])c1. The van der Waals surface area contributed by atoms with Crippen molar-refractivity contribution in [2.24, 2.45) is 5.10 Å². The molecule has 4 rings (SSSR count). The van der Waals surface area contributed by atoms with Gasteiger partial charge >= 0.3 is 0 Å². The lowest BCUT2D eigenvalue weighted by Crippen LogP contribution is -2.41. The van der Waals surface area contributed by atoms with Gasteiger partial charge < -0.3 is 0 Å². The van der Waals surface area contributed by atoms with Crippen molar-refractivity contribution >= 4 is 28.1 Å². The third kappa shape index (κ3) is 4.05. The smallest absolute Gasteiger partial charge is 0.270 e. The van der Waals surface area contributed by atoms with E-state index in [0.29, 0.717) is 17.7 Å². The number of amides is 1. The second kappa shape index (κ2) is 8.40. The predicted molar refractivity (Wildman–Crippen MR) is 115 cm³/mol. The summed E-state index contributed by atoms with van der Waals surface area (Å²) in [6.07, 6.45) is 0.575. The summed E-state index contributed by atoms with van der Waals surface area (Å²) in [6, 6.07) is 20.0. The summed E-state index contributed by atoms with van der Waals surface area (Å²) in [5.41, 5.74) is 11.0. The highest BCUT2D eigenvalue weighted by Crippen LogP contribution is 2.29. The van der Waals surface area contributed by atoms with E-state index in [0.717, 1.165) is 16.3 Å². The number of benzene rings is 3. The van der Waals surface area contributed by atoms with Crippen LogP contribution in [0.4, 0.5) is 5.69 Å². The number of nitro benzene ring substituents is 1. The monoisotopic (exact) mass is 403 g/mol. The number of hydrogen-bond acceptors (Lipinski definition) is 6. The van der Waals surface area contributed by atoms with Crippen molar-refractivity contribution in [3.63, 3.8) is 0 Å². The molecule has 3 aromatic rings. The van der Waals surface area contributed by atoms with Crippen molar-refractivity contribution in [2.45, 2.75) is 25.4 Å². The topological polar surface area (TPSA) is 109 Å². The maximum atomic E-state index is 12.6. The Hall–Kier alpha value is -3.62. The van der Waals surface area contributed by atoms with Gasteiger partial charge in [-0.25, -0.2) is 16.3 Å². The number of hydrazine groups is 1. The Morgan fingerprint density at radius 1 is 1.10 bits per heavy atom. The average Bonchev–Trinajstić information content (AvgIpc) is 3.27. The summed E-state index contributed by atoms with van der Waals surface area (Å²) in [6.45, 7) is 1.69. The van der Waals surface area contributed by atoms with Crippen LogP contribution >= 0.6 is 0 Å². The molecule has 0 radical (unpaired) electrons. The number of carbonyl (C=O) groups excluding carboxylic acids is 1. The van der Waals surface area contributed by atoms with E-state index in [9.17, 15) is 14.9 Å². The van der Waals surface area contributed by atoms with Crippen LogP contribution < -0.4 is 16.3 Å². The number of nitro groups is 1. The Kier molecular flexibility index (Phi) is 5.51. The quantitative estimate of drug-likeness (QED) is 0.344. The van der Waals surface area contributed by atoms with Crippen molar-refractivity contribution in [1.82, 2.24) is 16.3 Å². The first-order valence-electron chi connectivity index (χ1n) is 9.60. The van der Waals surface area contributed by atoms with Crippen LogP contribution in [0, 0.1) is 10.1 Å². The van der Waals surface area contributed by atoms with Crippen molar-refractivity contribution < 1.29 is 9.72 Å². The summed E-state index contributed by atoms with van der Waals surface area (Å²) in [4.78, 5) is 23.0. The number of rotatable bonds is 5. The summed E-state index contributed by atoms with van der Waals surface area (Å²) in [7, 11) is 0. The van der Waals surface area contributed by atoms with Crippen LogP contribution in [0.1, 0.15) is 30.5 Å². The third-order valence-electron chi connectivity index (χ3n) is 5.23. The maximum absolute atomic E-state index is 12.6. The first kappa shape index (κ1) is 19.7. The van der Waals surface area contributed by atoms with Gasteiger partial charge in [0.05, 0.1) is 10.6 Å². The minimum absolute atomic E-state index is 0.00583. The van der Waals surface area contributed by atoms with Crippen LogP contribution in [-0.2, 0) is 4.79 Å². The fourth-order valence-electron chi connectivity index (χ4n) is 3.61. The van der Waals surface area contributed by atoms with E-state index in [1.807, 2.05) is 18.2 Å². The molecule has 1 aliphatic heterocycles. The molecule has 1 amide bonds. The number of nitrogens with one attached hydrogen (secondary N) is 3. The van der Waals surface area contributed by atoms with Gasteiger partial charge in [0.25, 0.3) is 11.6 Å². The molecule has 3 N–H and O–H groups in total. The highest BCUT2D eigenvalue weighted by atomic mass is 16.6. The number of carbonyl (C=O) groups is 1. The fourth-order valence-corrected chi connectivity index (χ4v) is 3.61. The standard InChI is InChI=1S/C22H21N5O3/c1-14(16-8-4-9-17(12-16)27(29)30)23-26-22(28)21-13-20(24-25-21)19-11-5-7-15-6-2-3-10-18(15)19/h2-12,20-21,24-25H,13H2,1H3,(H,26,28)/b23-14-. The summed E-state index contributed by atoms with van der Waals surface area (Å²) >= 11 is 0. The molecule has 0 aromatic heterocycles. The predicted octanol–water partition coefficient (Wildman–Crippen LogP) is 3.20. The minimum Gasteiger partial charge on any atom is -0.271 e. The zero-order valence-corrected chi connectivity index (χ0v) is 16.3. The zero-order valence-electron chi connectivity index (χ0n) is 16.3. The van der Waals surface area contributed by atoms with Crippen molar-refractivity contribution in [1.29, 1.82) is 0 Å². The molecule has 8 heteroatoms. The molecule has 0 bridgehead atoms. The lowest BCUT2D eigenvalue weighted by Gasteiger charge is -2.13. The molecule has 152 valence electrons. The maximum Gasteiger partial charge on any atom is 0.270 e. The van der Waals surface area contributed by atoms with Crippen LogP contribution in [0.3, 0.4) is 0 Å². The highest BCUT2D eigenvalue weighted by molar-refractivity contribution is 6.00. The largest absolute Gasteiger partial charge is 0.271 e.